The monoisotopic (exact) mass is 456 g/mol. The Morgan fingerprint density at radius 1 is 1.03 bits per heavy atom. The molecule has 8 heteroatoms. The molecule has 0 spiro atoms. The number of ether oxygens (including phenoxy) is 2. The van der Waals surface area contributed by atoms with E-state index in [-0.39, 0.29) is 41.9 Å². The molecule has 1 N–H and O–H groups in total. The van der Waals surface area contributed by atoms with Gasteiger partial charge in [0, 0.05) is 30.4 Å². The molecule has 3 aromatic rings. The van der Waals surface area contributed by atoms with Gasteiger partial charge in [0.25, 0.3) is 5.91 Å². The number of amides is 1. The molecule has 7 nitrogen and oxygen atoms in total. The maximum atomic E-state index is 12.3. The maximum Gasteiger partial charge on any atom is 1.00 e. The van der Waals surface area contributed by atoms with Gasteiger partial charge in [-0.3, -0.25) is 9.78 Å². The minimum atomic E-state index is -1.23. The van der Waals surface area contributed by atoms with Crippen LogP contribution in [0.25, 0.3) is 11.3 Å². The molecule has 0 aliphatic rings. The van der Waals surface area contributed by atoms with E-state index in [1.807, 2.05) is 30.3 Å². The summed E-state index contributed by atoms with van der Waals surface area (Å²) in [4.78, 5) is 27.7. The van der Waals surface area contributed by atoms with Crippen molar-refractivity contribution >= 4 is 11.9 Å². The molecule has 0 radical (unpaired) electrons. The van der Waals surface area contributed by atoms with Gasteiger partial charge in [0.05, 0.1) is 18.2 Å². The Hall–Kier alpha value is -2.71. The average molecular weight is 456 g/mol. The molecule has 1 aromatic heterocycles. The van der Waals surface area contributed by atoms with Crippen LogP contribution in [0, 0.1) is 0 Å². The number of aromatic nitrogens is 1. The summed E-state index contributed by atoms with van der Waals surface area (Å²) in [6.07, 6.45) is 0.986. The number of pyridine rings is 1. The predicted molar refractivity (Wildman–Crippen MR) is 118 cm³/mol. The van der Waals surface area contributed by atoms with Crippen molar-refractivity contribution in [1.82, 2.24) is 10.3 Å². The van der Waals surface area contributed by atoms with Crippen molar-refractivity contribution in [3.05, 3.63) is 84.1 Å². The third kappa shape index (κ3) is 8.29. The summed E-state index contributed by atoms with van der Waals surface area (Å²) in [5, 5.41) is 13.9. The van der Waals surface area contributed by atoms with E-state index < -0.39 is 12.1 Å². The minimum absolute atomic E-state index is 0. The van der Waals surface area contributed by atoms with Crippen molar-refractivity contribution < 1.29 is 53.7 Å². The third-order valence-electron chi connectivity index (χ3n) is 4.74. The van der Waals surface area contributed by atoms with Crippen molar-refractivity contribution in [2.75, 3.05) is 19.8 Å². The zero-order valence-electron chi connectivity index (χ0n) is 18.8. The summed E-state index contributed by atoms with van der Waals surface area (Å²) in [6, 6.07) is 20.0. The van der Waals surface area contributed by atoms with Crippen LogP contribution in [0.2, 0.25) is 0 Å². The molecule has 3 rings (SSSR count). The largest absolute Gasteiger partial charge is 1.00 e. The predicted octanol–water partition coefficient (Wildman–Crippen LogP) is -0.741. The zero-order valence-corrected chi connectivity index (χ0v) is 20.8. The first-order valence-electron chi connectivity index (χ1n) is 10.4. The van der Waals surface area contributed by atoms with E-state index >= 15 is 0 Å². The van der Waals surface area contributed by atoms with Crippen LogP contribution in [0.4, 0.5) is 0 Å². The first-order valence-corrected chi connectivity index (χ1v) is 10.4. The average Bonchev–Trinajstić information content (AvgIpc) is 2.83. The Balaban J connectivity index is 0.00000385. The second-order valence-corrected chi connectivity index (χ2v) is 7.01. The zero-order chi connectivity index (χ0) is 22.8. The van der Waals surface area contributed by atoms with Gasteiger partial charge in [-0.2, -0.15) is 0 Å². The van der Waals surface area contributed by atoms with Crippen LogP contribution in [0.1, 0.15) is 22.8 Å². The molecule has 0 bridgehead atoms. The quantitative estimate of drug-likeness (QED) is 0.301. The summed E-state index contributed by atoms with van der Waals surface area (Å²) in [6.45, 7) is 2.69. The maximum absolute atomic E-state index is 12.3. The molecular formula is C25H25N2NaO5. The molecule has 0 saturated heterocycles. The normalized spacial score (nSPS) is 11.2. The van der Waals surface area contributed by atoms with Crippen LogP contribution in [0.15, 0.2) is 72.9 Å². The van der Waals surface area contributed by atoms with Crippen LogP contribution >= 0.6 is 0 Å². The Kier molecular flexibility index (Phi) is 11.1. The molecule has 0 aliphatic carbocycles. The summed E-state index contributed by atoms with van der Waals surface area (Å²) >= 11 is 0. The van der Waals surface area contributed by atoms with Gasteiger partial charge in [-0.25, -0.2) is 0 Å². The van der Waals surface area contributed by atoms with Crippen molar-refractivity contribution in [2.45, 2.75) is 19.4 Å². The van der Waals surface area contributed by atoms with Crippen molar-refractivity contribution in [3.63, 3.8) is 0 Å². The molecule has 1 heterocycles. The Morgan fingerprint density at radius 2 is 1.76 bits per heavy atom. The van der Waals surface area contributed by atoms with Crippen LogP contribution in [0.3, 0.4) is 0 Å². The van der Waals surface area contributed by atoms with Gasteiger partial charge >= 0.3 is 29.6 Å². The summed E-state index contributed by atoms with van der Waals surface area (Å²) in [5.41, 5.74) is 3.17. The number of rotatable bonds is 11. The summed E-state index contributed by atoms with van der Waals surface area (Å²) < 4.78 is 10.8. The van der Waals surface area contributed by atoms with Gasteiger partial charge in [0.2, 0.25) is 0 Å². The number of carbonyl (C=O) groups is 2. The fourth-order valence-corrected chi connectivity index (χ4v) is 3.11. The van der Waals surface area contributed by atoms with Crippen LogP contribution < -0.4 is 44.7 Å². The van der Waals surface area contributed by atoms with E-state index in [1.54, 1.807) is 49.5 Å². The number of aliphatic carboxylic acids is 1. The van der Waals surface area contributed by atoms with Gasteiger partial charge in [0.15, 0.2) is 0 Å². The SMILES string of the molecule is CCOC(Cc1ccc(OCCNC(=O)c2ccc(-c3ccccn3)cc2)cc1)C(=O)[O-].[Na+]. The van der Waals surface area contributed by atoms with Gasteiger partial charge in [-0.05, 0) is 48.9 Å². The molecule has 0 saturated carbocycles. The fraction of sp³-hybridized carbons (Fsp3) is 0.240. The van der Waals surface area contributed by atoms with E-state index in [0.717, 1.165) is 16.8 Å². The van der Waals surface area contributed by atoms with E-state index in [9.17, 15) is 14.7 Å². The number of nitrogens with one attached hydrogen (secondary N) is 1. The number of carboxylic acids is 1. The minimum Gasteiger partial charge on any atom is -0.547 e. The smallest absolute Gasteiger partial charge is 0.547 e. The Bertz CT molecular complexity index is 1010. The molecule has 166 valence electrons. The van der Waals surface area contributed by atoms with E-state index in [1.165, 1.54) is 0 Å². The van der Waals surface area contributed by atoms with Gasteiger partial charge in [-0.1, -0.05) is 30.3 Å². The van der Waals surface area contributed by atoms with Gasteiger partial charge in [0.1, 0.15) is 18.5 Å². The summed E-state index contributed by atoms with van der Waals surface area (Å²) in [5.74, 6) is -0.779. The molecule has 1 atom stereocenters. The second-order valence-electron chi connectivity index (χ2n) is 7.01. The van der Waals surface area contributed by atoms with Gasteiger partial charge < -0.3 is 24.7 Å². The number of nitrogens with zero attached hydrogens (tertiary/aromatic N) is 1. The van der Waals surface area contributed by atoms with Crippen molar-refractivity contribution in [2.24, 2.45) is 0 Å². The van der Waals surface area contributed by atoms with Crippen molar-refractivity contribution in [1.29, 1.82) is 0 Å². The molecular weight excluding hydrogens is 431 g/mol. The number of carboxylic acid groups (broad SMARTS) is 1. The van der Waals surface area contributed by atoms with Gasteiger partial charge in [-0.15, -0.1) is 0 Å². The van der Waals surface area contributed by atoms with Crippen LogP contribution in [-0.4, -0.2) is 42.7 Å². The molecule has 33 heavy (non-hydrogen) atoms. The number of hydrogen-bond donors (Lipinski definition) is 1. The first kappa shape index (κ1) is 26.5. The van der Waals surface area contributed by atoms with E-state index in [0.29, 0.717) is 31.1 Å². The summed E-state index contributed by atoms with van der Waals surface area (Å²) in [7, 11) is 0. The van der Waals surface area contributed by atoms with Crippen LogP contribution in [-0.2, 0) is 16.0 Å². The fourth-order valence-electron chi connectivity index (χ4n) is 3.11. The molecule has 0 aliphatic heterocycles. The third-order valence-corrected chi connectivity index (χ3v) is 4.74. The molecule has 1 amide bonds. The topological polar surface area (TPSA) is 101 Å². The number of benzene rings is 2. The second kappa shape index (κ2) is 13.7. The number of hydrogen-bond acceptors (Lipinski definition) is 6. The molecule has 2 aromatic carbocycles. The Labute approximate surface area is 215 Å². The van der Waals surface area contributed by atoms with Crippen LogP contribution in [0.5, 0.6) is 5.75 Å². The van der Waals surface area contributed by atoms with Crippen molar-refractivity contribution in [3.8, 4) is 17.0 Å². The standard InChI is InChI=1S/C25H26N2O5.Na/c1-2-31-23(25(29)30)17-18-6-12-21(13-7-18)32-16-15-27-24(28)20-10-8-19(9-11-20)22-5-3-4-14-26-22;/h3-14,23H,2,15-17H2,1H3,(H,27,28)(H,29,30);/q;+1/p-1. The molecule has 1 unspecified atom stereocenters. The molecule has 0 fully saturated rings. The van der Waals surface area contributed by atoms with E-state index in [4.69, 9.17) is 9.47 Å². The van der Waals surface area contributed by atoms with E-state index in [2.05, 4.69) is 10.3 Å². The number of carbonyl (C=O) groups excluding carboxylic acids is 2. The Morgan fingerprint density at radius 3 is 2.36 bits per heavy atom. The first-order chi connectivity index (χ1) is 15.6.